The molecule has 1 saturated carbocycles. The summed E-state index contributed by atoms with van der Waals surface area (Å²) >= 11 is 1.36. The van der Waals surface area contributed by atoms with Crippen LogP contribution in [0.1, 0.15) is 36.9 Å². The molecule has 1 aliphatic carbocycles. The molecule has 30 heavy (non-hydrogen) atoms. The molecule has 2 heterocycles. The number of aryl methyl sites for hydroxylation is 1. The van der Waals surface area contributed by atoms with E-state index < -0.39 is 23.3 Å². The van der Waals surface area contributed by atoms with Gasteiger partial charge in [0.1, 0.15) is 11.5 Å². The number of benzene rings is 1. The number of pyridine rings is 1. The van der Waals surface area contributed by atoms with Crippen LogP contribution in [0.5, 0.6) is 0 Å². The Hall–Kier alpha value is -2.10. The average Bonchev–Trinajstić information content (AvgIpc) is 3.29. The van der Waals surface area contributed by atoms with E-state index in [9.17, 15) is 14.3 Å². The van der Waals surface area contributed by atoms with Crippen molar-refractivity contribution in [2.75, 3.05) is 16.6 Å². The molecule has 2 aliphatic rings. The smallest absolute Gasteiger partial charge is 0.289 e. The third-order valence-corrected chi connectivity index (χ3v) is 7.01. The summed E-state index contributed by atoms with van der Waals surface area (Å²) < 4.78 is 33.8. The van der Waals surface area contributed by atoms with Crippen LogP contribution in [-0.2, 0) is 13.0 Å². The Kier molecular flexibility index (Phi) is 5.78. The maximum Gasteiger partial charge on any atom is 0.289 e. The van der Waals surface area contributed by atoms with Crippen LogP contribution < -0.4 is 15.6 Å². The molecule has 0 bridgehead atoms. The van der Waals surface area contributed by atoms with Crippen molar-refractivity contribution in [3.8, 4) is 0 Å². The predicted octanol–water partition coefficient (Wildman–Crippen LogP) is 3.46. The maximum atomic E-state index is 15.1. The highest BCUT2D eigenvalue weighted by Gasteiger charge is 2.45. The van der Waals surface area contributed by atoms with Gasteiger partial charge in [-0.2, -0.15) is 4.39 Å². The molecule has 162 valence electrons. The van der Waals surface area contributed by atoms with Crippen molar-refractivity contribution in [1.82, 2.24) is 4.57 Å². The first-order valence-electron chi connectivity index (χ1n) is 10.0. The third kappa shape index (κ3) is 4.06. The van der Waals surface area contributed by atoms with Crippen LogP contribution in [0.25, 0.3) is 0 Å². The molecule has 2 aromatic rings. The predicted molar refractivity (Wildman–Crippen MR) is 114 cm³/mol. The third-order valence-electron chi connectivity index (χ3n) is 5.69. The molecule has 0 saturated heterocycles. The van der Waals surface area contributed by atoms with E-state index in [1.54, 1.807) is 13.0 Å². The summed E-state index contributed by atoms with van der Waals surface area (Å²) in [6.45, 7) is 1.89. The molecule has 1 unspecified atom stereocenters. The van der Waals surface area contributed by atoms with Crippen LogP contribution in [0.3, 0.4) is 0 Å². The summed E-state index contributed by atoms with van der Waals surface area (Å²) in [5, 5.41) is 21.8. The first kappa shape index (κ1) is 21.1. The SMILES string of the molecule is Cc1ccc(Nc2c(NSC3(CC(O)CO)CC3)c3n(c(=O)c2F)CCC3)c(F)c1. The van der Waals surface area contributed by atoms with Gasteiger partial charge in [0.2, 0.25) is 5.82 Å². The van der Waals surface area contributed by atoms with Crippen LogP contribution >= 0.6 is 11.9 Å². The van der Waals surface area contributed by atoms with Crippen LogP contribution in [0.4, 0.5) is 25.8 Å². The highest BCUT2D eigenvalue weighted by molar-refractivity contribution is 8.02. The zero-order valence-electron chi connectivity index (χ0n) is 16.7. The van der Waals surface area contributed by atoms with Crippen molar-refractivity contribution >= 4 is 29.0 Å². The van der Waals surface area contributed by atoms with Crippen LogP contribution in [0, 0.1) is 18.6 Å². The molecule has 4 N–H and O–H groups in total. The summed E-state index contributed by atoms with van der Waals surface area (Å²) in [5.41, 5.74) is 1.15. The van der Waals surface area contributed by atoms with Gasteiger partial charge in [-0.25, -0.2) is 4.39 Å². The normalized spacial score (nSPS) is 17.5. The number of aliphatic hydroxyl groups is 2. The van der Waals surface area contributed by atoms with Gasteiger partial charge in [-0.1, -0.05) is 6.07 Å². The Morgan fingerprint density at radius 3 is 2.73 bits per heavy atom. The second-order valence-electron chi connectivity index (χ2n) is 8.11. The van der Waals surface area contributed by atoms with E-state index in [4.69, 9.17) is 5.11 Å². The fourth-order valence-electron chi connectivity index (χ4n) is 3.86. The van der Waals surface area contributed by atoms with Gasteiger partial charge in [-0.3, -0.25) is 4.79 Å². The van der Waals surface area contributed by atoms with E-state index in [0.29, 0.717) is 30.8 Å². The molecule has 0 spiro atoms. The lowest BCUT2D eigenvalue weighted by atomic mass is 10.2. The first-order valence-corrected chi connectivity index (χ1v) is 10.9. The Morgan fingerprint density at radius 1 is 1.30 bits per heavy atom. The minimum Gasteiger partial charge on any atom is -0.394 e. The van der Waals surface area contributed by atoms with Gasteiger partial charge in [0, 0.05) is 17.0 Å². The van der Waals surface area contributed by atoms with Crippen LogP contribution in [-0.4, -0.2) is 32.2 Å². The van der Waals surface area contributed by atoms with Gasteiger partial charge < -0.3 is 24.8 Å². The monoisotopic (exact) mass is 437 g/mol. The molecular weight excluding hydrogens is 412 g/mol. The van der Waals surface area contributed by atoms with Gasteiger partial charge in [-0.05, 0) is 68.7 Å². The zero-order chi connectivity index (χ0) is 21.5. The van der Waals surface area contributed by atoms with E-state index in [1.165, 1.54) is 28.6 Å². The Morgan fingerprint density at radius 2 is 2.07 bits per heavy atom. The number of nitrogens with zero attached hydrogens (tertiary/aromatic N) is 1. The van der Waals surface area contributed by atoms with Crippen LogP contribution in [0.15, 0.2) is 23.0 Å². The second-order valence-corrected chi connectivity index (χ2v) is 9.38. The number of fused-ring (bicyclic) bond motifs is 1. The summed E-state index contributed by atoms with van der Waals surface area (Å²) in [7, 11) is 0. The summed E-state index contributed by atoms with van der Waals surface area (Å²) in [5.74, 6) is -1.48. The molecule has 0 amide bonds. The zero-order valence-corrected chi connectivity index (χ0v) is 17.5. The van der Waals surface area contributed by atoms with Gasteiger partial charge in [-0.15, -0.1) is 0 Å². The minimum atomic E-state index is -0.955. The quantitative estimate of drug-likeness (QED) is 0.473. The Labute approximate surface area is 177 Å². The number of hydrogen-bond donors (Lipinski definition) is 4. The molecule has 1 aliphatic heterocycles. The molecule has 1 atom stereocenters. The molecule has 1 aromatic carbocycles. The topological polar surface area (TPSA) is 86.5 Å². The largest absolute Gasteiger partial charge is 0.394 e. The summed E-state index contributed by atoms with van der Waals surface area (Å²) in [4.78, 5) is 12.5. The van der Waals surface area contributed by atoms with Crippen molar-refractivity contribution in [1.29, 1.82) is 0 Å². The number of aliphatic hydroxyl groups excluding tert-OH is 2. The van der Waals surface area contributed by atoms with Crippen LogP contribution in [0.2, 0.25) is 0 Å². The van der Waals surface area contributed by atoms with E-state index in [0.717, 1.165) is 24.8 Å². The first-order chi connectivity index (χ1) is 14.3. The molecule has 4 rings (SSSR count). The van der Waals surface area contributed by atoms with E-state index in [2.05, 4.69) is 10.0 Å². The number of nitrogens with one attached hydrogen (secondary N) is 2. The molecule has 9 heteroatoms. The van der Waals surface area contributed by atoms with Gasteiger partial charge in [0.15, 0.2) is 0 Å². The maximum absolute atomic E-state index is 15.1. The number of anilines is 3. The number of rotatable bonds is 8. The lowest BCUT2D eigenvalue weighted by molar-refractivity contribution is 0.0865. The highest BCUT2D eigenvalue weighted by atomic mass is 32.2. The molecular formula is C21H25F2N3O3S. The molecule has 1 aromatic heterocycles. The molecule has 6 nitrogen and oxygen atoms in total. The van der Waals surface area contributed by atoms with E-state index >= 15 is 4.39 Å². The Balaban J connectivity index is 1.69. The minimum absolute atomic E-state index is 0.0677. The average molecular weight is 438 g/mol. The van der Waals surface area contributed by atoms with Gasteiger partial charge >= 0.3 is 0 Å². The summed E-state index contributed by atoms with van der Waals surface area (Å²) in [6, 6.07) is 4.57. The molecule has 1 fully saturated rings. The van der Waals surface area contributed by atoms with Crippen molar-refractivity contribution in [3.05, 3.63) is 51.4 Å². The van der Waals surface area contributed by atoms with E-state index in [1.807, 2.05) is 0 Å². The second kappa shape index (κ2) is 8.20. The number of halogens is 2. The summed E-state index contributed by atoms with van der Waals surface area (Å²) in [6.07, 6.45) is 2.64. The van der Waals surface area contributed by atoms with Crippen molar-refractivity contribution in [2.45, 2.75) is 56.4 Å². The standard InChI is InChI=1S/C21H25F2N3O3S/c1-12-4-5-15(14(22)9-12)24-19-17(23)20(29)26-8-2-3-16(26)18(19)25-30-21(6-7-21)10-13(28)11-27/h4-5,9,13,24-25,27-28H,2-3,6-8,10-11H2,1H3. The van der Waals surface area contributed by atoms with Crippen molar-refractivity contribution in [3.63, 3.8) is 0 Å². The fourth-order valence-corrected chi connectivity index (χ4v) is 4.98. The Bertz CT molecular complexity index is 1020. The number of hydrogen-bond acceptors (Lipinski definition) is 6. The van der Waals surface area contributed by atoms with E-state index in [-0.39, 0.29) is 22.7 Å². The molecule has 0 radical (unpaired) electrons. The van der Waals surface area contributed by atoms with Gasteiger partial charge in [0.25, 0.3) is 5.56 Å². The van der Waals surface area contributed by atoms with Gasteiger partial charge in [0.05, 0.1) is 24.1 Å². The number of aromatic nitrogens is 1. The highest BCUT2D eigenvalue weighted by Crippen LogP contribution is 2.52. The lowest BCUT2D eigenvalue weighted by Crippen LogP contribution is -2.26. The fraction of sp³-hybridized carbons (Fsp3) is 0.476. The lowest BCUT2D eigenvalue weighted by Gasteiger charge is -2.22. The van der Waals surface area contributed by atoms with Crippen molar-refractivity contribution in [2.24, 2.45) is 0 Å². The van der Waals surface area contributed by atoms with Crippen molar-refractivity contribution < 1.29 is 19.0 Å².